The first-order valence-electron chi connectivity index (χ1n) is 27.0. The van der Waals surface area contributed by atoms with Crippen LogP contribution in [0.1, 0.15) is 239 Å². The number of aliphatic hydroxyl groups is 2. The summed E-state index contributed by atoms with van der Waals surface area (Å²) in [6, 6.07) is -0.747. The normalized spacial score (nSPS) is 14.0. The van der Waals surface area contributed by atoms with Crippen LogP contribution in [0, 0.1) is 0 Å². The number of rotatable bonds is 47. The molecule has 0 saturated carbocycles. The predicted octanol–water partition coefficient (Wildman–Crippen LogP) is 16.5. The highest BCUT2D eigenvalue weighted by atomic mass is 16.5. The van der Waals surface area contributed by atoms with Crippen LogP contribution in [0.4, 0.5) is 0 Å². The maximum absolute atomic E-state index is 13.2. The topological polar surface area (TPSA) is 95.9 Å². The molecule has 1 amide bonds. The first-order valence-corrected chi connectivity index (χ1v) is 27.0. The van der Waals surface area contributed by atoms with Crippen molar-refractivity contribution in [2.24, 2.45) is 0 Å². The van der Waals surface area contributed by atoms with E-state index in [0.29, 0.717) is 19.3 Å². The lowest BCUT2D eigenvalue weighted by Gasteiger charge is -2.24. The van der Waals surface area contributed by atoms with Gasteiger partial charge in [-0.1, -0.05) is 234 Å². The van der Waals surface area contributed by atoms with E-state index < -0.39 is 18.2 Å². The monoisotopic (exact) mass is 904 g/mol. The van der Waals surface area contributed by atoms with Gasteiger partial charge in [-0.3, -0.25) is 9.59 Å². The van der Waals surface area contributed by atoms with E-state index in [4.69, 9.17) is 4.74 Å². The van der Waals surface area contributed by atoms with Crippen molar-refractivity contribution in [3.05, 3.63) is 97.2 Å². The average Bonchev–Trinajstić information content (AvgIpc) is 3.30. The zero-order valence-corrected chi connectivity index (χ0v) is 42.3. The van der Waals surface area contributed by atoms with Gasteiger partial charge < -0.3 is 20.3 Å². The number of amides is 1. The number of nitrogens with one attached hydrogen (secondary N) is 1. The number of unbranched alkanes of at least 4 members (excludes halogenated alkanes) is 20. The molecule has 3 N–H and O–H groups in total. The highest BCUT2D eigenvalue weighted by molar-refractivity contribution is 5.77. The Kier molecular flexibility index (Phi) is 49.2. The standard InChI is InChI=1S/C59H101NO5/c1-4-7-10-13-16-19-22-25-28-29-31-34-37-40-43-46-49-52-59(64)65-55(50-47-44-41-38-35-32-30-26-23-20-17-14-11-8-5-2)53-58(63)60-56(54-61)57(62)51-48-45-42-39-36-33-27-24-21-18-15-12-9-6-3/h16-17,19-20,25-26,28,30-31,34-35,38,40,43-44,47,55-57,61-62H,4-15,18,21-24,27,29,32-33,36-37,39,41-42,45-46,48-54H2,1-3H3,(H,60,63)/b19-16-,20-17-,28-25-,30-26-,34-31-,38-35-,43-40-,47-44-. The fourth-order valence-corrected chi connectivity index (χ4v) is 7.52. The van der Waals surface area contributed by atoms with Crippen molar-refractivity contribution in [2.45, 2.75) is 257 Å². The van der Waals surface area contributed by atoms with E-state index in [0.717, 1.165) is 70.6 Å². The first-order chi connectivity index (χ1) is 32.0. The number of aliphatic hydroxyl groups excluding tert-OH is 2. The van der Waals surface area contributed by atoms with Crippen LogP contribution in [0.5, 0.6) is 0 Å². The second kappa shape index (κ2) is 51.8. The number of ether oxygens (including phenoxy) is 1. The van der Waals surface area contributed by atoms with Crippen LogP contribution in [0.15, 0.2) is 97.2 Å². The average molecular weight is 904 g/mol. The molecular weight excluding hydrogens is 803 g/mol. The van der Waals surface area contributed by atoms with Crippen molar-refractivity contribution in [1.82, 2.24) is 5.32 Å². The molecule has 0 bridgehead atoms. The fraction of sp³-hybridized carbons (Fsp3) is 0.695. The summed E-state index contributed by atoms with van der Waals surface area (Å²) in [5.41, 5.74) is 0. The van der Waals surface area contributed by atoms with Crippen molar-refractivity contribution in [3.8, 4) is 0 Å². The summed E-state index contributed by atoms with van der Waals surface area (Å²) in [6.07, 6.45) is 69.1. The summed E-state index contributed by atoms with van der Waals surface area (Å²) in [6.45, 7) is 6.39. The third-order valence-corrected chi connectivity index (χ3v) is 11.6. The second-order valence-electron chi connectivity index (χ2n) is 17.9. The van der Waals surface area contributed by atoms with Crippen LogP contribution in [0.25, 0.3) is 0 Å². The van der Waals surface area contributed by atoms with Gasteiger partial charge in [-0.25, -0.2) is 0 Å². The lowest BCUT2D eigenvalue weighted by molar-refractivity contribution is -0.150. The molecule has 0 rings (SSSR count). The van der Waals surface area contributed by atoms with E-state index in [9.17, 15) is 19.8 Å². The van der Waals surface area contributed by atoms with Gasteiger partial charge in [-0.05, 0) is 83.5 Å². The molecule has 3 unspecified atom stereocenters. The highest BCUT2D eigenvalue weighted by Crippen LogP contribution is 2.16. The number of carbonyl (C=O) groups excluding carboxylic acids is 2. The van der Waals surface area contributed by atoms with Crippen molar-refractivity contribution in [3.63, 3.8) is 0 Å². The molecule has 0 aliphatic carbocycles. The van der Waals surface area contributed by atoms with Crippen LogP contribution in [0.3, 0.4) is 0 Å². The third kappa shape index (κ3) is 47.1. The first kappa shape index (κ1) is 61.8. The van der Waals surface area contributed by atoms with Gasteiger partial charge in [0, 0.05) is 12.8 Å². The molecule has 0 aromatic heterocycles. The molecule has 6 nitrogen and oxygen atoms in total. The van der Waals surface area contributed by atoms with Crippen LogP contribution in [-0.4, -0.2) is 46.9 Å². The molecule has 0 fully saturated rings. The van der Waals surface area contributed by atoms with Gasteiger partial charge in [0.2, 0.25) is 5.91 Å². The third-order valence-electron chi connectivity index (χ3n) is 11.6. The second-order valence-corrected chi connectivity index (χ2v) is 17.9. The summed E-state index contributed by atoms with van der Waals surface area (Å²) >= 11 is 0. The Morgan fingerprint density at radius 2 is 0.815 bits per heavy atom. The minimum absolute atomic E-state index is 0.0248. The molecule has 6 heteroatoms. The number of allylic oxidation sites excluding steroid dienone is 15. The zero-order valence-electron chi connectivity index (χ0n) is 42.3. The summed E-state index contributed by atoms with van der Waals surface area (Å²) in [5, 5.41) is 23.8. The summed E-state index contributed by atoms with van der Waals surface area (Å²) in [5.74, 6) is -0.648. The zero-order chi connectivity index (χ0) is 47.4. The number of esters is 1. The van der Waals surface area contributed by atoms with Crippen molar-refractivity contribution in [1.29, 1.82) is 0 Å². The minimum atomic E-state index is -0.825. The molecule has 3 atom stereocenters. The van der Waals surface area contributed by atoms with Gasteiger partial charge in [-0.2, -0.15) is 0 Å². The van der Waals surface area contributed by atoms with Crippen molar-refractivity contribution in [2.75, 3.05) is 6.61 Å². The number of hydrogen-bond acceptors (Lipinski definition) is 5. The molecule has 0 aliphatic heterocycles. The maximum atomic E-state index is 13.2. The van der Waals surface area contributed by atoms with E-state index in [-0.39, 0.29) is 31.3 Å². The maximum Gasteiger partial charge on any atom is 0.306 e. The molecule has 0 saturated heterocycles. The van der Waals surface area contributed by atoms with Crippen LogP contribution in [-0.2, 0) is 14.3 Å². The Labute approximate surface area is 401 Å². The van der Waals surface area contributed by atoms with Gasteiger partial charge >= 0.3 is 5.97 Å². The summed E-state index contributed by atoms with van der Waals surface area (Å²) in [7, 11) is 0. The molecule has 0 aromatic rings. The Bertz CT molecular complexity index is 1290. The highest BCUT2D eigenvalue weighted by Gasteiger charge is 2.23. The quantitative estimate of drug-likeness (QED) is 0.0321. The van der Waals surface area contributed by atoms with Crippen molar-refractivity contribution < 1.29 is 24.5 Å². The molecule has 0 aliphatic rings. The van der Waals surface area contributed by atoms with E-state index in [1.54, 1.807) is 0 Å². The van der Waals surface area contributed by atoms with E-state index >= 15 is 0 Å². The molecule has 0 radical (unpaired) electrons. The van der Waals surface area contributed by atoms with Crippen molar-refractivity contribution >= 4 is 11.9 Å². The van der Waals surface area contributed by atoms with Gasteiger partial charge in [-0.15, -0.1) is 0 Å². The lowest BCUT2D eigenvalue weighted by Crippen LogP contribution is -2.46. The van der Waals surface area contributed by atoms with Crippen LogP contribution in [0.2, 0.25) is 0 Å². The van der Waals surface area contributed by atoms with E-state index in [1.807, 2.05) is 12.2 Å². The summed E-state index contributed by atoms with van der Waals surface area (Å²) < 4.78 is 5.85. The van der Waals surface area contributed by atoms with Gasteiger partial charge in [0.1, 0.15) is 6.10 Å². The smallest absolute Gasteiger partial charge is 0.306 e. The SMILES string of the molecule is CCCCC/C=C\C/C=C\C/C=C\C/C=C\CCCC(=O)OC(C/C=C\C/C=C\C/C=C\C/C=C\CCCCC)CC(=O)NC(CO)C(O)CCCCCCCCCCCCCCCC. The van der Waals surface area contributed by atoms with Gasteiger partial charge in [0.05, 0.1) is 25.2 Å². The lowest BCUT2D eigenvalue weighted by atomic mass is 10.0. The van der Waals surface area contributed by atoms with Gasteiger partial charge in [0.25, 0.3) is 0 Å². The Morgan fingerprint density at radius 3 is 1.23 bits per heavy atom. The largest absolute Gasteiger partial charge is 0.461 e. The molecule has 65 heavy (non-hydrogen) atoms. The van der Waals surface area contributed by atoms with E-state index in [1.165, 1.54) is 116 Å². The van der Waals surface area contributed by atoms with Gasteiger partial charge in [0.15, 0.2) is 0 Å². The fourth-order valence-electron chi connectivity index (χ4n) is 7.52. The molecule has 0 aromatic carbocycles. The molecular formula is C59H101NO5. The predicted molar refractivity (Wildman–Crippen MR) is 282 cm³/mol. The number of carbonyl (C=O) groups is 2. The minimum Gasteiger partial charge on any atom is -0.461 e. The van der Waals surface area contributed by atoms with Crippen LogP contribution >= 0.6 is 0 Å². The summed E-state index contributed by atoms with van der Waals surface area (Å²) in [4.78, 5) is 26.1. The molecule has 372 valence electrons. The Morgan fingerprint density at radius 1 is 0.462 bits per heavy atom. The Balaban J connectivity index is 4.80. The number of hydrogen-bond donors (Lipinski definition) is 3. The molecule has 0 spiro atoms. The van der Waals surface area contributed by atoms with E-state index in [2.05, 4.69) is 111 Å². The molecule has 0 heterocycles. The Hall–Kier alpha value is -3.22. The van der Waals surface area contributed by atoms with Crippen LogP contribution < -0.4 is 5.32 Å².